The molecule has 0 fully saturated rings. The molecule has 2 rings (SSSR count). The molecule has 0 saturated carbocycles. The van der Waals surface area contributed by atoms with Crippen molar-refractivity contribution in [2.45, 2.75) is 59.4 Å². The van der Waals surface area contributed by atoms with Crippen molar-refractivity contribution < 1.29 is 14.2 Å². The van der Waals surface area contributed by atoms with E-state index in [0.717, 1.165) is 11.1 Å². The second-order valence-electron chi connectivity index (χ2n) is 8.12. The lowest BCUT2D eigenvalue weighted by Crippen LogP contribution is -2.25. The Morgan fingerprint density at radius 3 is 1.72 bits per heavy atom. The van der Waals surface area contributed by atoms with Crippen molar-refractivity contribution in [1.29, 1.82) is 0 Å². The molecule has 1 radical (unpaired) electrons. The molecule has 0 aliphatic carbocycles. The summed E-state index contributed by atoms with van der Waals surface area (Å²) in [6.45, 7) is 16.5. The van der Waals surface area contributed by atoms with Crippen LogP contribution in [0.15, 0.2) is 42.5 Å². The molecule has 0 unspecified atom stereocenters. The maximum atomic E-state index is 6.12. The molecular formula is C22H29O3. The highest BCUT2D eigenvalue weighted by molar-refractivity contribution is 5.55. The molecule has 0 N–H and O–H groups in total. The molecule has 0 heterocycles. The summed E-state index contributed by atoms with van der Waals surface area (Å²) in [6.07, 6.45) is 0. The van der Waals surface area contributed by atoms with Gasteiger partial charge in [-0.05, 0) is 71.7 Å². The predicted molar refractivity (Wildman–Crippen MR) is 102 cm³/mol. The quantitative estimate of drug-likeness (QED) is 0.687. The molecule has 0 aliphatic rings. The highest BCUT2D eigenvalue weighted by atomic mass is 16.6. The minimum absolute atomic E-state index is 0.350. The van der Waals surface area contributed by atoms with Gasteiger partial charge < -0.3 is 14.2 Å². The van der Waals surface area contributed by atoms with Gasteiger partial charge in [0.15, 0.2) is 11.5 Å². The molecule has 0 aliphatic heterocycles. The van der Waals surface area contributed by atoms with Crippen molar-refractivity contribution in [3.63, 3.8) is 0 Å². The fourth-order valence-electron chi connectivity index (χ4n) is 2.31. The van der Waals surface area contributed by atoms with E-state index in [0.29, 0.717) is 23.9 Å². The first kappa shape index (κ1) is 19.2. The van der Waals surface area contributed by atoms with Gasteiger partial charge in [0.1, 0.15) is 17.8 Å². The number of ether oxygens (including phenoxy) is 3. The Morgan fingerprint density at radius 1 is 0.800 bits per heavy atom. The zero-order chi connectivity index (χ0) is 18.7. The zero-order valence-electron chi connectivity index (χ0n) is 16.2. The molecule has 0 amide bonds. The van der Waals surface area contributed by atoms with Crippen LogP contribution >= 0.6 is 0 Å². The topological polar surface area (TPSA) is 27.7 Å². The van der Waals surface area contributed by atoms with Gasteiger partial charge >= 0.3 is 0 Å². The predicted octanol–water partition coefficient (Wildman–Crippen LogP) is 5.80. The van der Waals surface area contributed by atoms with Crippen molar-refractivity contribution in [3.05, 3.63) is 60.5 Å². The smallest absolute Gasteiger partial charge is 0.203 e. The molecule has 2 aromatic rings. The lowest BCUT2D eigenvalue weighted by atomic mass is 10.1. The summed E-state index contributed by atoms with van der Waals surface area (Å²) in [5, 5.41) is 0. The molecule has 0 saturated heterocycles. The molecule has 0 spiro atoms. The molecule has 0 atom stereocenters. The molecule has 0 aromatic heterocycles. The second kappa shape index (κ2) is 7.38. The summed E-state index contributed by atoms with van der Waals surface area (Å²) in [4.78, 5) is 0. The Kier molecular flexibility index (Phi) is 5.66. The summed E-state index contributed by atoms with van der Waals surface area (Å²) in [5.74, 6) is 1.91. The van der Waals surface area contributed by atoms with Crippen LogP contribution in [0.1, 0.15) is 52.7 Å². The lowest BCUT2D eigenvalue weighted by Gasteiger charge is -2.27. The minimum Gasteiger partial charge on any atom is -0.484 e. The first-order chi connectivity index (χ1) is 11.5. The summed E-state index contributed by atoms with van der Waals surface area (Å²) in [5.41, 5.74) is 1.21. The fourth-order valence-corrected chi connectivity index (χ4v) is 2.31. The van der Waals surface area contributed by atoms with Crippen LogP contribution in [0, 0.1) is 6.92 Å². The van der Waals surface area contributed by atoms with Gasteiger partial charge in [0.05, 0.1) is 0 Å². The average molecular weight is 341 g/mol. The molecular weight excluding hydrogens is 312 g/mol. The number of hydrogen-bond acceptors (Lipinski definition) is 3. The molecule has 3 heteroatoms. The van der Waals surface area contributed by atoms with Gasteiger partial charge in [0, 0.05) is 0 Å². The summed E-state index contributed by atoms with van der Waals surface area (Å²) >= 11 is 0. The van der Waals surface area contributed by atoms with Crippen molar-refractivity contribution in [1.82, 2.24) is 0 Å². The largest absolute Gasteiger partial charge is 0.484 e. The third-order valence-corrected chi connectivity index (χ3v) is 3.14. The van der Waals surface area contributed by atoms with Gasteiger partial charge in [0.2, 0.25) is 5.75 Å². The van der Waals surface area contributed by atoms with E-state index in [1.54, 1.807) is 0 Å². The summed E-state index contributed by atoms with van der Waals surface area (Å²) in [7, 11) is 0. The molecule has 3 nitrogen and oxygen atoms in total. The third kappa shape index (κ3) is 6.33. The van der Waals surface area contributed by atoms with Gasteiger partial charge in [-0.1, -0.05) is 30.3 Å². The fraction of sp³-hybridized carbons (Fsp3) is 0.409. The van der Waals surface area contributed by atoms with Gasteiger partial charge in [-0.2, -0.15) is 0 Å². The van der Waals surface area contributed by atoms with Crippen LogP contribution in [0.3, 0.4) is 0 Å². The first-order valence-electron chi connectivity index (χ1n) is 8.58. The Hall–Kier alpha value is -2.16. The van der Waals surface area contributed by atoms with Crippen LogP contribution in [0.4, 0.5) is 0 Å². The first-order valence-corrected chi connectivity index (χ1v) is 8.58. The second-order valence-corrected chi connectivity index (χ2v) is 8.12. The summed E-state index contributed by atoms with van der Waals surface area (Å²) < 4.78 is 18.3. The molecule has 2 aromatic carbocycles. The van der Waals surface area contributed by atoms with Gasteiger partial charge in [-0.15, -0.1) is 0 Å². The normalized spacial score (nSPS) is 12.0. The third-order valence-electron chi connectivity index (χ3n) is 3.14. The number of hydrogen-bond donors (Lipinski definition) is 0. The maximum Gasteiger partial charge on any atom is 0.203 e. The molecule has 25 heavy (non-hydrogen) atoms. The van der Waals surface area contributed by atoms with E-state index in [2.05, 4.69) is 6.92 Å². The Labute approximate surface area is 151 Å². The number of benzene rings is 2. The minimum atomic E-state index is -0.350. The van der Waals surface area contributed by atoms with Crippen LogP contribution in [-0.4, -0.2) is 11.2 Å². The van der Waals surface area contributed by atoms with Gasteiger partial charge in [-0.25, -0.2) is 0 Å². The molecule has 0 bridgehead atoms. The lowest BCUT2D eigenvalue weighted by molar-refractivity contribution is 0.107. The highest BCUT2D eigenvalue weighted by Crippen LogP contribution is 2.42. The SMILES string of the molecule is [CH2]c1cc(OC(C)(C)C)c(OCc2ccccc2)c(OC(C)(C)C)c1. The van der Waals surface area contributed by atoms with Crippen molar-refractivity contribution >= 4 is 0 Å². The van der Waals surface area contributed by atoms with E-state index in [1.165, 1.54) is 0 Å². The highest BCUT2D eigenvalue weighted by Gasteiger charge is 2.23. The van der Waals surface area contributed by atoms with E-state index in [9.17, 15) is 0 Å². The van der Waals surface area contributed by atoms with Crippen LogP contribution in [-0.2, 0) is 6.61 Å². The van der Waals surface area contributed by atoms with Crippen LogP contribution in [0.25, 0.3) is 0 Å². The van der Waals surface area contributed by atoms with E-state index in [4.69, 9.17) is 14.2 Å². The van der Waals surface area contributed by atoms with Crippen LogP contribution in [0.2, 0.25) is 0 Å². The standard InChI is InChI=1S/C22H29O3/c1-16-13-18(24-21(2,3)4)20(19(14-16)25-22(5,6)7)23-15-17-11-9-8-10-12-17/h8-14H,1,15H2,2-7H3. The van der Waals surface area contributed by atoms with Crippen molar-refractivity contribution in [2.75, 3.05) is 0 Å². The van der Waals surface area contributed by atoms with E-state index in [-0.39, 0.29) is 11.2 Å². The van der Waals surface area contributed by atoms with Crippen LogP contribution < -0.4 is 14.2 Å². The van der Waals surface area contributed by atoms with Gasteiger partial charge in [0.25, 0.3) is 0 Å². The van der Waals surface area contributed by atoms with Crippen molar-refractivity contribution in [3.8, 4) is 17.2 Å². The maximum absolute atomic E-state index is 6.12. The summed E-state index contributed by atoms with van der Waals surface area (Å²) in [6, 6.07) is 13.8. The van der Waals surface area contributed by atoms with Crippen LogP contribution in [0.5, 0.6) is 17.2 Å². The average Bonchev–Trinajstić information content (AvgIpc) is 2.44. The van der Waals surface area contributed by atoms with E-state index in [1.807, 2.05) is 84.0 Å². The van der Waals surface area contributed by atoms with E-state index >= 15 is 0 Å². The Bertz CT molecular complexity index is 654. The monoisotopic (exact) mass is 341 g/mol. The Morgan fingerprint density at radius 2 is 1.28 bits per heavy atom. The van der Waals surface area contributed by atoms with Crippen molar-refractivity contribution in [2.24, 2.45) is 0 Å². The number of rotatable bonds is 5. The Balaban J connectivity index is 2.39. The molecule has 135 valence electrons. The van der Waals surface area contributed by atoms with E-state index < -0.39 is 0 Å². The van der Waals surface area contributed by atoms with Gasteiger partial charge in [-0.3, -0.25) is 0 Å². The zero-order valence-corrected chi connectivity index (χ0v) is 16.2.